The Morgan fingerprint density at radius 1 is 1.20 bits per heavy atom. The van der Waals surface area contributed by atoms with Crippen LogP contribution in [-0.2, 0) is 0 Å². The highest BCUT2D eigenvalue weighted by Gasteiger charge is 2.14. The van der Waals surface area contributed by atoms with Gasteiger partial charge in [-0.1, -0.05) is 19.9 Å². The van der Waals surface area contributed by atoms with E-state index >= 15 is 0 Å². The van der Waals surface area contributed by atoms with Gasteiger partial charge in [0, 0.05) is 23.9 Å². The number of carbonyl (C=O) groups excluding carboxylic acids is 1. The molecule has 0 amide bonds. The molecule has 2 aromatic rings. The molecule has 0 unspecified atom stereocenters. The molecule has 0 aliphatic rings. The Morgan fingerprint density at radius 2 is 1.93 bits per heavy atom. The van der Waals surface area contributed by atoms with Crippen molar-refractivity contribution >= 4 is 16.8 Å². The summed E-state index contributed by atoms with van der Waals surface area (Å²) in [5.41, 5.74) is 2.12. The molecule has 15 heavy (non-hydrogen) atoms. The first-order valence-corrected chi connectivity index (χ1v) is 4.94. The number of aromatic nitrogens is 2. The number of carbonyl (C=O) groups is 1. The Hall–Kier alpha value is -1.77. The molecule has 1 heterocycles. The summed E-state index contributed by atoms with van der Waals surface area (Å²) >= 11 is 0. The van der Waals surface area contributed by atoms with Crippen molar-refractivity contribution in [3.05, 3.63) is 36.2 Å². The van der Waals surface area contributed by atoms with Crippen molar-refractivity contribution in [3.8, 4) is 0 Å². The first-order chi connectivity index (χ1) is 7.20. The van der Waals surface area contributed by atoms with Crippen molar-refractivity contribution in [1.82, 2.24) is 9.97 Å². The van der Waals surface area contributed by atoms with Crippen molar-refractivity contribution in [2.75, 3.05) is 0 Å². The predicted octanol–water partition coefficient (Wildman–Crippen LogP) is 2.47. The van der Waals surface area contributed by atoms with E-state index in [2.05, 4.69) is 9.97 Å². The molecule has 1 aromatic carbocycles. The zero-order valence-corrected chi connectivity index (χ0v) is 8.77. The van der Waals surface area contributed by atoms with Gasteiger partial charge in [0.15, 0.2) is 5.78 Å². The van der Waals surface area contributed by atoms with Crippen molar-refractivity contribution in [2.24, 2.45) is 5.92 Å². The van der Waals surface area contributed by atoms with E-state index in [1.807, 2.05) is 26.0 Å². The Labute approximate surface area is 88.2 Å². The summed E-state index contributed by atoms with van der Waals surface area (Å²) in [6.45, 7) is 3.77. The maximum absolute atomic E-state index is 11.9. The number of ketones is 1. The molecule has 2 rings (SSSR count). The number of fused-ring (bicyclic) bond motifs is 1. The highest BCUT2D eigenvalue weighted by Crippen LogP contribution is 2.17. The van der Waals surface area contributed by atoms with E-state index in [1.54, 1.807) is 18.5 Å². The van der Waals surface area contributed by atoms with Crippen LogP contribution in [0.1, 0.15) is 24.2 Å². The third-order valence-electron chi connectivity index (χ3n) is 2.29. The Kier molecular flexibility index (Phi) is 2.46. The van der Waals surface area contributed by atoms with Crippen molar-refractivity contribution in [2.45, 2.75) is 13.8 Å². The summed E-state index contributed by atoms with van der Waals surface area (Å²) in [7, 11) is 0. The topological polar surface area (TPSA) is 42.9 Å². The SMILES string of the molecule is CC(C)C(=O)c1cccc2nccnc12. The third kappa shape index (κ3) is 1.73. The maximum atomic E-state index is 11.9. The number of nitrogens with zero attached hydrogens (tertiary/aromatic N) is 2. The first kappa shape index (κ1) is 9.77. The number of benzene rings is 1. The second-order valence-electron chi connectivity index (χ2n) is 3.75. The Bertz CT molecular complexity index is 500. The highest BCUT2D eigenvalue weighted by atomic mass is 16.1. The zero-order chi connectivity index (χ0) is 10.8. The van der Waals surface area contributed by atoms with Crippen molar-refractivity contribution < 1.29 is 4.79 Å². The van der Waals surface area contributed by atoms with E-state index < -0.39 is 0 Å². The molecule has 0 bridgehead atoms. The number of rotatable bonds is 2. The molecule has 76 valence electrons. The average Bonchev–Trinajstić information content (AvgIpc) is 2.27. The van der Waals surface area contributed by atoms with E-state index in [4.69, 9.17) is 0 Å². The lowest BCUT2D eigenvalue weighted by molar-refractivity contribution is 0.0941. The summed E-state index contributed by atoms with van der Waals surface area (Å²) in [5.74, 6) is 0.0960. The summed E-state index contributed by atoms with van der Waals surface area (Å²) in [6.07, 6.45) is 3.24. The van der Waals surface area contributed by atoms with Crippen LogP contribution >= 0.6 is 0 Å². The van der Waals surface area contributed by atoms with Crippen LogP contribution in [0, 0.1) is 5.92 Å². The van der Waals surface area contributed by atoms with Crippen LogP contribution in [0.3, 0.4) is 0 Å². The smallest absolute Gasteiger partial charge is 0.167 e. The maximum Gasteiger partial charge on any atom is 0.167 e. The van der Waals surface area contributed by atoms with E-state index in [9.17, 15) is 4.79 Å². The molecule has 1 aromatic heterocycles. The van der Waals surface area contributed by atoms with Gasteiger partial charge in [0.05, 0.1) is 11.0 Å². The molecule has 0 saturated heterocycles. The normalized spacial score (nSPS) is 10.9. The lowest BCUT2D eigenvalue weighted by Crippen LogP contribution is -2.08. The zero-order valence-electron chi connectivity index (χ0n) is 8.77. The van der Waals surface area contributed by atoms with Gasteiger partial charge >= 0.3 is 0 Å². The van der Waals surface area contributed by atoms with E-state index in [-0.39, 0.29) is 11.7 Å². The Morgan fingerprint density at radius 3 is 2.67 bits per heavy atom. The quantitative estimate of drug-likeness (QED) is 0.699. The number of Topliss-reactive ketones (excluding diaryl/α,β-unsaturated/α-hetero) is 1. The number of hydrogen-bond donors (Lipinski definition) is 0. The molecule has 0 fully saturated rings. The molecule has 0 radical (unpaired) electrons. The highest BCUT2D eigenvalue weighted by molar-refractivity contribution is 6.06. The lowest BCUT2D eigenvalue weighted by Gasteiger charge is -2.06. The van der Waals surface area contributed by atoms with Crippen molar-refractivity contribution in [1.29, 1.82) is 0 Å². The van der Waals surface area contributed by atoms with Gasteiger partial charge in [0.1, 0.15) is 0 Å². The minimum atomic E-state index is -0.0161. The van der Waals surface area contributed by atoms with Crippen LogP contribution in [0.2, 0.25) is 0 Å². The first-order valence-electron chi connectivity index (χ1n) is 4.94. The standard InChI is InChI=1S/C12H12N2O/c1-8(2)12(15)9-4-3-5-10-11(9)14-7-6-13-10/h3-8H,1-2H3. The molecule has 0 saturated carbocycles. The second-order valence-corrected chi connectivity index (χ2v) is 3.75. The fraction of sp³-hybridized carbons (Fsp3) is 0.250. The third-order valence-corrected chi connectivity index (χ3v) is 2.29. The van der Waals surface area contributed by atoms with Crippen LogP contribution in [0.25, 0.3) is 11.0 Å². The molecule has 0 aliphatic carbocycles. The molecule has 0 aliphatic heterocycles. The fourth-order valence-corrected chi connectivity index (χ4v) is 1.50. The predicted molar refractivity (Wildman–Crippen MR) is 58.7 cm³/mol. The second kappa shape index (κ2) is 3.77. The molecule has 3 heteroatoms. The number of para-hydroxylation sites is 1. The van der Waals surface area contributed by atoms with Crippen LogP contribution in [0.5, 0.6) is 0 Å². The van der Waals surface area contributed by atoms with E-state index in [0.29, 0.717) is 11.1 Å². The molecule has 0 atom stereocenters. The van der Waals surface area contributed by atoms with Crippen LogP contribution in [0.4, 0.5) is 0 Å². The van der Waals surface area contributed by atoms with Gasteiger partial charge in [-0.15, -0.1) is 0 Å². The van der Waals surface area contributed by atoms with Gasteiger partial charge in [-0.25, -0.2) is 0 Å². The molecule has 3 nitrogen and oxygen atoms in total. The number of hydrogen-bond acceptors (Lipinski definition) is 3. The van der Waals surface area contributed by atoms with Gasteiger partial charge < -0.3 is 0 Å². The van der Waals surface area contributed by atoms with Gasteiger partial charge in [0.25, 0.3) is 0 Å². The minimum absolute atomic E-state index is 0.0161. The molecular formula is C12H12N2O. The fourth-order valence-electron chi connectivity index (χ4n) is 1.50. The van der Waals surface area contributed by atoms with E-state index in [1.165, 1.54) is 0 Å². The monoisotopic (exact) mass is 200 g/mol. The lowest BCUT2D eigenvalue weighted by atomic mass is 10.00. The van der Waals surface area contributed by atoms with Gasteiger partial charge in [-0.05, 0) is 12.1 Å². The van der Waals surface area contributed by atoms with Gasteiger partial charge in [-0.3, -0.25) is 14.8 Å². The summed E-state index contributed by atoms with van der Waals surface area (Å²) < 4.78 is 0. The summed E-state index contributed by atoms with van der Waals surface area (Å²) in [5, 5.41) is 0. The Balaban J connectivity index is 2.66. The molecule has 0 spiro atoms. The average molecular weight is 200 g/mol. The van der Waals surface area contributed by atoms with Gasteiger partial charge in [-0.2, -0.15) is 0 Å². The van der Waals surface area contributed by atoms with Crippen LogP contribution in [-0.4, -0.2) is 15.8 Å². The van der Waals surface area contributed by atoms with Crippen LogP contribution < -0.4 is 0 Å². The summed E-state index contributed by atoms with van der Waals surface area (Å²) in [6, 6.07) is 5.51. The van der Waals surface area contributed by atoms with Gasteiger partial charge in [0.2, 0.25) is 0 Å². The minimum Gasteiger partial charge on any atom is -0.294 e. The van der Waals surface area contributed by atoms with Crippen LogP contribution in [0.15, 0.2) is 30.6 Å². The molecular weight excluding hydrogens is 188 g/mol. The largest absolute Gasteiger partial charge is 0.294 e. The van der Waals surface area contributed by atoms with E-state index in [0.717, 1.165) is 5.52 Å². The van der Waals surface area contributed by atoms with Crippen molar-refractivity contribution in [3.63, 3.8) is 0 Å². The summed E-state index contributed by atoms with van der Waals surface area (Å²) in [4.78, 5) is 20.3. The molecule has 0 N–H and O–H groups in total.